The van der Waals surface area contributed by atoms with Gasteiger partial charge in [0.2, 0.25) is 0 Å². The summed E-state index contributed by atoms with van der Waals surface area (Å²) >= 11 is 9.05. The number of pyridine rings is 1. The second-order valence-electron chi connectivity index (χ2n) is 5.30. The smallest absolute Gasteiger partial charge is 0.407 e. The van der Waals surface area contributed by atoms with Gasteiger partial charge in [-0.25, -0.2) is 9.78 Å². The number of amides is 1. The molecule has 0 bridgehead atoms. The lowest BCUT2D eigenvalue weighted by molar-refractivity contribution is 0.0494. The third-order valence-electron chi connectivity index (χ3n) is 2.03. The molecule has 1 N–H and O–H groups in total. The van der Waals surface area contributed by atoms with Gasteiger partial charge in [0.15, 0.2) is 0 Å². The van der Waals surface area contributed by atoms with Gasteiger partial charge in [0, 0.05) is 0 Å². The largest absolute Gasteiger partial charge is 0.490 e. The van der Waals surface area contributed by atoms with Crippen LogP contribution in [0.5, 0.6) is 5.75 Å². The molecule has 1 aromatic heterocycles. The third-order valence-corrected chi connectivity index (χ3v) is 3.17. The number of aromatic nitrogens is 1. The van der Waals surface area contributed by atoms with Gasteiger partial charge in [0.1, 0.15) is 23.1 Å². The van der Waals surface area contributed by atoms with Crippen LogP contribution in [0.2, 0.25) is 5.15 Å². The summed E-state index contributed by atoms with van der Waals surface area (Å²) in [6.07, 6.45) is 1.05. The van der Waals surface area contributed by atoms with Gasteiger partial charge < -0.3 is 14.8 Å². The van der Waals surface area contributed by atoms with Gasteiger partial charge in [0.25, 0.3) is 0 Å². The van der Waals surface area contributed by atoms with Crippen LogP contribution in [-0.2, 0) is 4.74 Å². The highest BCUT2D eigenvalue weighted by atomic mass is 79.9. The first-order valence-electron chi connectivity index (χ1n) is 6.11. The van der Waals surface area contributed by atoms with E-state index >= 15 is 0 Å². The first kappa shape index (κ1) is 17.0. The standard InChI is InChI=1S/C13H18BrClN2O3/c1-8(17-12(18)20-13(2,3)4)7-19-9-5-10(14)11(15)16-6-9/h5-6,8H,7H2,1-4H3,(H,17,18)/t8-/m1/s1. The van der Waals surface area contributed by atoms with Crippen LogP contribution >= 0.6 is 27.5 Å². The maximum Gasteiger partial charge on any atom is 0.407 e. The van der Waals surface area contributed by atoms with Crippen molar-refractivity contribution in [1.29, 1.82) is 0 Å². The van der Waals surface area contributed by atoms with Gasteiger partial charge >= 0.3 is 6.09 Å². The molecule has 0 aromatic carbocycles. The van der Waals surface area contributed by atoms with Crippen LogP contribution in [-0.4, -0.2) is 29.3 Å². The van der Waals surface area contributed by atoms with Crippen molar-refractivity contribution < 1.29 is 14.3 Å². The Bertz CT molecular complexity index is 477. The molecule has 0 radical (unpaired) electrons. The molecule has 1 atom stereocenters. The summed E-state index contributed by atoms with van der Waals surface area (Å²) in [4.78, 5) is 15.5. The van der Waals surface area contributed by atoms with E-state index in [2.05, 4.69) is 26.2 Å². The van der Waals surface area contributed by atoms with Crippen molar-refractivity contribution in [1.82, 2.24) is 10.3 Å². The number of rotatable bonds is 4. The number of carbonyl (C=O) groups is 1. The first-order valence-corrected chi connectivity index (χ1v) is 7.28. The van der Waals surface area contributed by atoms with E-state index in [1.807, 2.05) is 27.7 Å². The van der Waals surface area contributed by atoms with Gasteiger partial charge in [-0.2, -0.15) is 0 Å². The van der Waals surface area contributed by atoms with Crippen molar-refractivity contribution in [3.63, 3.8) is 0 Å². The summed E-state index contributed by atoms with van der Waals surface area (Å²) in [6, 6.07) is 1.52. The maximum atomic E-state index is 11.6. The van der Waals surface area contributed by atoms with Gasteiger partial charge in [-0.3, -0.25) is 0 Å². The molecule has 0 aliphatic rings. The summed E-state index contributed by atoms with van der Waals surface area (Å²) in [5, 5.41) is 3.06. The van der Waals surface area contributed by atoms with E-state index in [1.165, 1.54) is 6.20 Å². The summed E-state index contributed by atoms with van der Waals surface area (Å²) in [5.74, 6) is 0.569. The number of hydrogen-bond donors (Lipinski definition) is 1. The van der Waals surface area contributed by atoms with Gasteiger partial charge in [-0.05, 0) is 49.7 Å². The van der Waals surface area contributed by atoms with Gasteiger partial charge in [-0.15, -0.1) is 0 Å². The molecule has 112 valence electrons. The number of ether oxygens (including phenoxy) is 2. The van der Waals surface area contributed by atoms with Crippen LogP contribution in [0.1, 0.15) is 27.7 Å². The number of alkyl carbamates (subject to hydrolysis) is 1. The molecule has 7 heteroatoms. The molecule has 0 fully saturated rings. The Morgan fingerprint density at radius 3 is 2.75 bits per heavy atom. The van der Waals surface area contributed by atoms with E-state index in [-0.39, 0.29) is 6.04 Å². The van der Waals surface area contributed by atoms with Crippen molar-refractivity contribution in [2.24, 2.45) is 0 Å². The van der Waals surface area contributed by atoms with E-state index in [0.717, 1.165) is 0 Å². The number of carbonyl (C=O) groups excluding carboxylic acids is 1. The molecule has 5 nitrogen and oxygen atoms in total. The molecule has 0 aliphatic heterocycles. The fourth-order valence-electron chi connectivity index (χ4n) is 1.25. The minimum Gasteiger partial charge on any atom is -0.490 e. The third kappa shape index (κ3) is 6.43. The Morgan fingerprint density at radius 2 is 2.20 bits per heavy atom. The molecule has 1 rings (SSSR count). The number of hydrogen-bond acceptors (Lipinski definition) is 4. The molecular formula is C13H18BrClN2O3. The second-order valence-corrected chi connectivity index (χ2v) is 6.51. The monoisotopic (exact) mass is 364 g/mol. The van der Waals surface area contributed by atoms with E-state index < -0.39 is 11.7 Å². The highest BCUT2D eigenvalue weighted by Gasteiger charge is 2.17. The molecule has 0 aliphatic carbocycles. The van der Waals surface area contributed by atoms with Crippen molar-refractivity contribution in [2.45, 2.75) is 39.3 Å². The van der Waals surface area contributed by atoms with Crippen molar-refractivity contribution >= 4 is 33.6 Å². The SMILES string of the molecule is C[C@H](COc1cnc(Cl)c(Br)c1)NC(=O)OC(C)(C)C. The molecule has 0 saturated carbocycles. The van der Waals surface area contributed by atoms with Crippen molar-refractivity contribution in [3.8, 4) is 5.75 Å². The summed E-state index contributed by atoms with van der Waals surface area (Å²) < 4.78 is 11.3. The second kappa shape index (κ2) is 7.13. The minimum absolute atomic E-state index is 0.195. The van der Waals surface area contributed by atoms with E-state index in [4.69, 9.17) is 21.1 Å². The quantitative estimate of drug-likeness (QED) is 0.825. The molecular weight excluding hydrogens is 348 g/mol. The fraction of sp³-hybridized carbons (Fsp3) is 0.538. The molecule has 1 heterocycles. The van der Waals surface area contributed by atoms with Crippen LogP contribution in [0.4, 0.5) is 4.79 Å². The zero-order chi connectivity index (χ0) is 15.3. The van der Waals surface area contributed by atoms with Crippen LogP contribution in [0, 0.1) is 0 Å². The van der Waals surface area contributed by atoms with Crippen LogP contribution < -0.4 is 10.1 Å². The normalized spacial score (nSPS) is 12.7. The molecule has 1 amide bonds. The lowest BCUT2D eigenvalue weighted by Crippen LogP contribution is -2.40. The average Bonchev–Trinajstić information content (AvgIpc) is 2.28. The molecule has 0 spiro atoms. The highest BCUT2D eigenvalue weighted by Crippen LogP contribution is 2.24. The highest BCUT2D eigenvalue weighted by molar-refractivity contribution is 9.10. The molecule has 0 unspecified atom stereocenters. The number of nitrogens with zero attached hydrogens (tertiary/aromatic N) is 1. The lowest BCUT2D eigenvalue weighted by Gasteiger charge is -2.22. The Hall–Kier alpha value is -1.01. The topological polar surface area (TPSA) is 60.5 Å². The summed E-state index contributed by atoms with van der Waals surface area (Å²) in [7, 11) is 0. The van der Waals surface area contributed by atoms with E-state index in [9.17, 15) is 4.79 Å². The molecule has 1 aromatic rings. The Morgan fingerprint density at radius 1 is 1.55 bits per heavy atom. The Kier molecular flexibility index (Phi) is 6.07. The minimum atomic E-state index is -0.518. The van der Waals surface area contributed by atoms with Crippen LogP contribution in [0.15, 0.2) is 16.7 Å². The first-order chi connectivity index (χ1) is 9.17. The summed E-state index contributed by atoms with van der Waals surface area (Å²) in [5.41, 5.74) is -0.518. The number of halogens is 2. The Labute approximate surface area is 132 Å². The van der Waals surface area contributed by atoms with Gasteiger partial charge in [0.05, 0.1) is 16.7 Å². The lowest BCUT2D eigenvalue weighted by atomic mass is 10.2. The molecule has 0 saturated heterocycles. The predicted octanol–water partition coefficient (Wildman–Crippen LogP) is 3.79. The summed E-state index contributed by atoms with van der Waals surface area (Å²) in [6.45, 7) is 7.55. The molecule has 20 heavy (non-hydrogen) atoms. The van der Waals surface area contributed by atoms with Crippen molar-refractivity contribution in [3.05, 3.63) is 21.9 Å². The van der Waals surface area contributed by atoms with E-state index in [0.29, 0.717) is 22.0 Å². The van der Waals surface area contributed by atoms with Crippen LogP contribution in [0.3, 0.4) is 0 Å². The predicted molar refractivity (Wildman–Crippen MR) is 81.3 cm³/mol. The van der Waals surface area contributed by atoms with Gasteiger partial charge in [-0.1, -0.05) is 11.6 Å². The zero-order valence-corrected chi connectivity index (χ0v) is 14.2. The zero-order valence-electron chi connectivity index (χ0n) is 11.9. The number of nitrogens with one attached hydrogen (secondary N) is 1. The fourth-order valence-corrected chi connectivity index (χ4v) is 1.69. The van der Waals surface area contributed by atoms with Crippen molar-refractivity contribution in [2.75, 3.05) is 6.61 Å². The van der Waals surface area contributed by atoms with E-state index in [1.54, 1.807) is 6.07 Å². The average molecular weight is 366 g/mol. The maximum absolute atomic E-state index is 11.6. The van der Waals surface area contributed by atoms with Crippen LogP contribution in [0.25, 0.3) is 0 Å². The Balaban J connectivity index is 2.41.